The van der Waals surface area contributed by atoms with Crippen molar-refractivity contribution >= 4 is 17.5 Å². The number of carbonyl (C=O) groups is 1. The summed E-state index contributed by atoms with van der Waals surface area (Å²) in [6.07, 6.45) is 1.69. The number of nitrogens with one attached hydrogen (secondary N) is 2. The van der Waals surface area contributed by atoms with Crippen molar-refractivity contribution in [3.8, 4) is 0 Å². The number of aromatic nitrogens is 1. The summed E-state index contributed by atoms with van der Waals surface area (Å²) < 4.78 is 4.92. The molecule has 0 saturated heterocycles. The van der Waals surface area contributed by atoms with Crippen molar-refractivity contribution in [1.29, 1.82) is 0 Å². The quantitative estimate of drug-likeness (QED) is 0.740. The Morgan fingerprint density at radius 3 is 2.94 bits per heavy atom. The van der Waals surface area contributed by atoms with E-state index in [1.165, 1.54) is 0 Å². The average molecular weight is 237 g/mol. The minimum atomic E-state index is -0.369. The minimum absolute atomic E-state index is 0.255. The van der Waals surface area contributed by atoms with Crippen LogP contribution in [0, 0.1) is 0 Å². The van der Waals surface area contributed by atoms with Gasteiger partial charge in [-0.25, -0.2) is 9.78 Å². The third-order valence-electron chi connectivity index (χ3n) is 2.14. The molecule has 1 aromatic rings. The number of hydrogen-bond donors (Lipinski definition) is 2. The second kappa shape index (κ2) is 6.73. The van der Waals surface area contributed by atoms with Gasteiger partial charge >= 0.3 is 5.97 Å². The Labute approximate surface area is 102 Å². The molecule has 1 aromatic heterocycles. The molecule has 2 N–H and O–H groups in total. The molecule has 0 aliphatic carbocycles. The molecule has 17 heavy (non-hydrogen) atoms. The second-order valence-electron chi connectivity index (χ2n) is 3.58. The van der Waals surface area contributed by atoms with Gasteiger partial charge in [0.05, 0.1) is 6.61 Å². The molecule has 5 heteroatoms. The minimum Gasteiger partial charge on any atom is -0.464 e. The van der Waals surface area contributed by atoms with Crippen LogP contribution < -0.4 is 10.6 Å². The summed E-state index contributed by atoms with van der Waals surface area (Å²) in [7, 11) is 0. The van der Waals surface area contributed by atoms with Gasteiger partial charge in [-0.2, -0.15) is 0 Å². The lowest BCUT2D eigenvalue weighted by Gasteiger charge is -2.14. The molecule has 0 aromatic carbocycles. The first-order valence-electron chi connectivity index (χ1n) is 5.80. The van der Waals surface area contributed by atoms with Gasteiger partial charge in [0, 0.05) is 24.5 Å². The second-order valence-corrected chi connectivity index (χ2v) is 3.58. The summed E-state index contributed by atoms with van der Waals surface area (Å²) in [5, 5.41) is 6.18. The third-order valence-corrected chi connectivity index (χ3v) is 2.14. The van der Waals surface area contributed by atoms with Crippen LogP contribution in [0.25, 0.3) is 0 Å². The molecule has 0 fully saturated rings. The Balaban J connectivity index is 2.61. The van der Waals surface area contributed by atoms with Crippen molar-refractivity contribution in [2.45, 2.75) is 26.8 Å². The molecule has 1 atom stereocenters. The van der Waals surface area contributed by atoms with Gasteiger partial charge in [-0.3, -0.25) is 0 Å². The summed E-state index contributed by atoms with van der Waals surface area (Å²) in [6, 6.07) is 3.31. The predicted molar refractivity (Wildman–Crippen MR) is 68.1 cm³/mol. The lowest BCUT2D eigenvalue weighted by atomic mass is 10.3. The van der Waals surface area contributed by atoms with Crippen LogP contribution in [0.15, 0.2) is 18.3 Å². The van der Waals surface area contributed by atoms with E-state index in [1.807, 2.05) is 19.1 Å². The normalized spacial score (nSPS) is 11.7. The number of anilines is 2. The van der Waals surface area contributed by atoms with Crippen LogP contribution >= 0.6 is 0 Å². The van der Waals surface area contributed by atoms with Crippen LogP contribution in [0.2, 0.25) is 0 Å². The SMILES string of the molecule is CCNc1cc(NC(C)C(=O)OCC)ccn1. The monoisotopic (exact) mass is 237 g/mol. The number of rotatable bonds is 6. The number of pyridine rings is 1. The van der Waals surface area contributed by atoms with Crippen LogP contribution in [0.5, 0.6) is 0 Å². The molecule has 1 unspecified atom stereocenters. The first kappa shape index (κ1) is 13.3. The summed E-state index contributed by atoms with van der Waals surface area (Å²) in [5.41, 5.74) is 0.844. The van der Waals surface area contributed by atoms with Crippen molar-refractivity contribution < 1.29 is 9.53 Å². The van der Waals surface area contributed by atoms with Crippen molar-refractivity contribution in [3.05, 3.63) is 18.3 Å². The molecule has 0 radical (unpaired) electrons. The molecule has 1 heterocycles. The highest BCUT2D eigenvalue weighted by Crippen LogP contribution is 2.13. The predicted octanol–water partition coefficient (Wildman–Crippen LogP) is 1.88. The van der Waals surface area contributed by atoms with Crippen molar-refractivity contribution in [2.75, 3.05) is 23.8 Å². The van der Waals surface area contributed by atoms with E-state index < -0.39 is 0 Å². The summed E-state index contributed by atoms with van der Waals surface area (Å²) >= 11 is 0. The summed E-state index contributed by atoms with van der Waals surface area (Å²) in [5.74, 6) is 0.530. The molecule has 94 valence electrons. The molecule has 0 aliphatic rings. The topological polar surface area (TPSA) is 63.2 Å². The fourth-order valence-electron chi connectivity index (χ4n) is 1.37. The van der Waals surface area contributed by atoms with Crippen molar-refractivity contribution in [3.63, 3.8) is 0 Å². The summed E-state index contributed by atoms with van der Waals surface area (Å²) in [4.78, 5) is 15.6. The summed E-state index contributed by atoms with van der Waals surface area (Å²) in [6.45, 7) is 6.77. The standard InChI is InChI=1S/C12H19N3O2/c1-4-13-11-8-10(6-7-14-11)15-9(3)12(16)17-5-2/h6-9H,4-5H2,1-3H3,(H2,13,14,15). The number of hydrogen-bond acceptors (Lipinski definition) is 5. The van der Waals surface area contributed by atoms with E-state index in [2.05, 4.69) is 15.6 Å². The first-order chi connectivity index (χ1) is 8.17. The van der Waals surface area contributed by atoms with Gasteiger partial charge in [-0.05, 0) is 26.8 Å². The van der Waals surface area contributed by atoms with Crippen LogP contribution in [0.4, 0.5) is 11.5 Å². The lowest BCUT2D eigenvalue weighted by molar-refractivity contribution is -0.143. The Kier molecular flexibility index (Phi) is 5.26. The van der Waals surface area contributed by atoms with E-state index in [1.54, 1.807) is 20.0 Å². The molecule has 0 amide bonds. The highest BCUT2D eigenvalue weighted by Gasteiger charge is 2.13. The zero-order chi connectivity index (χ0) is 12.7. The largest absolute Gasteiger partial charge is 0.464 e. The van der Waals surface area contributed by atoms with E-state index in [-0.39, 0.29) is 12.0 Å². The van der Waals surface area contributed by atoms with Gasteiger partial charge in [0.15, 0.2) is 0 Å². The highest BCUT2D eigenvalue weighted by atomic mass is 16.5. The molecule has 0 saturated carbocycles. The molecule has 0 spiro atoms. The Hall–Kier alpha value is -1.78. The molecule has 1 rings (SSSR count). The fraction of sp³-hybridized carbons (Fsp3) is 0.500. The van der Waals surface area contributed by atoms with Gasteiger partial charge in [-0.15, -0.1) is 0 Å². The average Bonchev–Trinajstić information content (AvgIpc) is 2.30. The smallest absolute Gasteiger partial charge is 0.328 e. The molecular formula is C12H19N3O2. The Morgan fingerprint density at radius 2 is 2.29 bits per heavy atom. The van der Waals surface area contributed by atoms with Crippen molar-refractivity contribution in [2.24, 2.45) is 0 Å². The molecule has 5 nitrogen and oxygen atoms in total. The third kappa shape index (κ3) is 4.30. The maximum absolute atomic E-state index is 11.4. The van der Waals surface area contributed by atoms with Gasteiger partial charge in [-0.1, -0.05) is 0 Å². The van der Waals surface area contributed by atoms with E-state index in [9.17, 15) is 4.79 Å². The number of carbonyl (C=O) groups excluding carboxylic acids is 1. The maximum atomic E-state index is 11.4. The van der Waals surface area contributed by atoms with E-state index in [4.69, 9.17) is 4.74 Å². The van der Waals surface area contributed by atoms with Gasteiger partial charge in [0.25, 0.3) is 0 Å². The highest BCUT2D eigenvalue weighted by molar-refractivity contribution is 5.78. The zero-order valence-electron chi connectivity index (χ0n) is 10.5. The number of ether oxygens (including phenoxy) is 1. The maximum Gasteiger partial charge on any atom is 0.328 e. The fourth-order valence-corrected chi connectivity index (χ4v) is 1.37. The van der Waals surface area contributed by atoms with Crippen LogP contribution in [-0.4, -0.2) is 30.1 Å². The van der Waals surface area contributed by atoms with E-state index in [0.717, 1.165) is 18.1 Å². The Morgan fingerprint density at radius 1 is 1.53 bits per heavy atom. The molecular weight excluding hydrogens is 218 g/mol. The number of esters is 1. The van der Waals surface area contributed by atoms with E-state index in [0.29, 0.717) is 6.61 Å². The number of nitrogens with zero attached hydrogens (tertiary/aromatic N) is 1. The van der Waals surface area contributed by atoms with Gasteiger partial charge in [0.1, 0.15) is 11.9 Å². The van der Waals surface area contributed by atoms with Gasteiger partial charge in [0.2, 0.25) is 0 Å². The van der Waals surface area contributed by atoms with Crippen molar-refractivity contribution in [1.82, 2.24) is 4.98 Å². The van der Waals surface area contributed by atoms with Gasteiger partial charge < -0.3 is 15.4 Å². The first-order valence-corrected chi connectivity index (χ1v) is 5.80. The van der Waals surface area contributed by atoms with Crippen LogP contribution in [-0.2, 0) is 9.53 Å². The molecule has 0 bridgehead atoms. The van der Waals surface area contributed by atoms with Crippen LogP contribution in [0.3, 0.4) is 0 Å². The lowest BCUT2D eigenvalue weighted by Crippen LogP contribution is -2.28. The van der Waals surface area contributed by atoms with Crippen LogP contribution in [0.1, 0.15) is 20.8 Å². The Bertz CT molecular complexity index is 369. The zero-order valence-corrected chi connectivity index (χ0v) is 10.5. The molecule has 0 aliphatic heterocycles. The van der Waals surface area contributed by atoms with E-state index >= 15 is 0 Å².